The molecule has 0 amide bonds. The first kappa shape index (κ1) is 13.3. The molecule has 0 aromatic carbocycles. The maximum atomic E-state index is 7.72. The number of hydrogen-bond donors (Lipinski definition) is 0. The maximum absolute atomic E-state index is 7.72. The molecule has 0 aliphatic heterocycles. The normalized spacial score (nSPS) is 13.7. The van der Waals surface area contributed by atoms with Crippen LogP contribution in [-0.4, -0.2) is 14.0 Å². The van der Waals surface area contributed by atoms with Gasteiger partial charge in [-0.25, -0.2) is 4.98 Å². The highest BCUT2D eigenvalue weighted by molar-refractivity contribution is 5.60. The largest absolute Gasteiger partial charge is 0.308 e. The van der Waals surface area contributed by atoms with Gasteiger partial charge in [0.2, 0.25) is 11.5 Å². The summed E-state index contributed by atoms with van der Waals surface area (Å²) < 4.78 is 31.2. The highest BCUT2D eigenvalue weighted by atomic mass is 15.2. The smallest absolute Gasteiger partial charge is 0.277 e. The molecule has 0 fully saturated rings. The minimum Gasteiger partial charge on any atom is -0.308 e. The van der Waals surface area contributed by atoms with Crippen molar-refractivity contribution in [2.24, 2.45) is 21.1 Å². The number of fused-ring (bicyclic) bond motifs is 1. The Labute approximate surface area is 158 Å². The van der Waals surface area contributed by atoms with Gasteiger partial charge < -0.3 is 4.57 Å². The lowest BCUT2D eigenvalue weighted by atomic mass is 10.1. The second-order valence-corrected chi connectivity index (χ2v) is 6.85. The number of imidazole rings is 2. The van der Waals surface area contributed by atoms with Crippen molar-refractivity contribution in [2.75, 3.05) is 0 Å². The Kier molecular flexibility index (Phi) is 2.96. The number of hydrogen-bond acceptors (Lipinski definition) is 1. The van der Waals surface area contributed by atoms with Crippen LogP contribution in [-0.2, 0) is 21.1 Å². The fraction of sp³-hybridized carbons (Fsp3) is 0.286. The first-order valence-corrected chi connectivity index (χ1v) is 8.60. The molecule has 0 bridgehead atoms. The van der Waals surface area contributed by atoms with E-state index in [-0.39, 0.29) is 5.69 Å². The van der Waals surface area contributed by atoms with Gasteiger partial charge in [0.1, 0.15) is 19.8 Å². The van der Waals surface area contributed by atoms with Crippen LogP contribution in [0.1, 0.15) is 21.1 Å². The Bertz CT molecular complexity index is 1250. The average molecular weight is 350 g/mol. The Balaban J connectivity index is 1.95. The second kappa shape index (κ2) is 5.80. The first-order valence-electron chi connectivity index (χ1n) is 10.1. The number of pyridine rings is 2. The quantitative estimate of drug-likeness (QED) is 0.511. The van der Waals surface area contributed by atoms with E-state index < -0.39 is 6.85 Å². The highest BCUT2D eigenvalue weighted by Gasteiger charge is 2.26. The van der Waals surface area contributed by atoms with Crippen molar-refractivity contribution in [3.63, 3.8) is 0 Å². The Morgan fingerprint density at radius 2 is 1.85 bits per heavy atom. The van der Waals surface area contributed by atoms with Gasteiger partial charge in [0, 0.05) is 47.3 Å². The molecular formula is C21H25N5+2. The van der Waals surface area contributed by atoms with Crippen molar-refractivity contribution in [2.45, 2.75) is 20.7 Å². The fourth-order valence-corrected chi connectivity index (χ4v) is 3.52. The third-order valence-corrected chi connectivity index (χ3v) is 5.08. The molecule has 0 saturated carbocycles. The molecule has 5 heteroatoms. The molecule has 0 aliphatic rings. The molecule has 0 unspecified atom stereocenters. The highest BCUT2D eigenvalue weighted by Crippen LogP contribution is 2.24. The van der Waals surface area contributed by atoms with E-state index >= 15 is 0 Å². The first-order chi connectivity index (χ1) is 13.6. The topological polar surface area (TPSA) is 30.0 Å². The Hall–Kier alpha value is -2.95. The zero-order valence-electron chi connectivity index (χ0n) is 18.8. The summed E-state index contributed by atoms with van der Waals surface area (Å²) >= 11 is 0. The molecule has 0 atom stereocenters. The maximum Gasteiger partial charge on any atom is 0.277 e. The van der Waals surface area contributed by atoms with Crippen LogP contribution in [0.15, 0.2) is 42.7 Å². The van der Waals surface area contributed by atoms with Crippen molar-refractivity contribution < 1.29 is 13.2 Å². The lowest BCUT2D eigenvalue weighted by Gasteiger charge is -2.07. The van der Waals surface area contributed by atoms with Gasteiger partial charge in [-0.05, 0) is 32.3 Å². The zero-order valence-corrected chi connectivity index (χ0v) is 15.8. The van der Waals surface area contributed by atoms with Crippen molar-refractivity contribution in [3.8, 4) is 22.8 Å². The van der Waals surface area contributed by atoms with Gasteiger partial charge in [-0.15, -0.1) is 0 Å². The molecule has 4 heterocycles. The summed E-state index contributed by atoms with van der Waals surface area (Å²) in [5, 5.41) is 0. The van der Waals surface area contributed by atoms with Gasteiger partial charge in [0.25, 0.3) is 11.4 Å². The van der Waals surface area contributed by atoms with Crippen LogP contribution >= 0.6 is 0 Å². The molecular weight excluding hydrogens is 322 g/mol. The summed E-state index contributed by atoms with van der Waals surface area (Å²) in [6.45, 7) is 1.67. The summed E-state index contributed by atoms with van der Waals surface area (Å²) in [5.74, 6) is 0.622. The summed E-state index contributed by atoms with van der Waals surface area (Å²) in [4.78, 5) is 4.43. The van der Waals surface area contributed by atoms with Crippen molar-refractivity contribution in [1.82, 2.24) is 14.0 Å². The molecule has 5 nitrogen and oxygen atoms in total. The predicted octanol–water partition coefficient (Wildman–Crippen LogP) is 2.58. The van der Waals surface area contributed by atoms with Gasteiger partial charge in [0.05, 0.1) is 5.69 Å². The molecule has 4 aromatic rings. The Morgan fingerprint density at radius 3 is 2.54 bits per heavy atom. The number of nitrogens with zero attached hydrogens (tertiary/aromatic N) is 5. The summed E-state index contributed by atoms with van der Waals surface area (Å²) in [6.07, 6.45) is 4.00. The number of aromatic nitrogens is 5. The van der Waals surface area contributed by atoms with Gasteiger partial charge in [0.15, 0.2) is 6.20 Å². The van der Waals surface area contributed by atoms with Crippen LogP contribution in [0.2, 0.25) is 0 Å². The van der Waals surface area contributed by atoms with Gasteiger partial charge in [-0.1, -0.05) is 0 Å². The molecule has 0 N–H and O–H groups in total. The van der Waals surface area contributed by atoms with Crippen LogP contribution in [0.5, 0.6) is 0 Å². The van der Waals surface area contributed by atoms with Crippen LogP contribution in [0.25, 0.3) is 28.6 Å². The van der Waals surface area contributed by atoms with E-state index in [9.17, 15) is 0 Å². The van der Waals surface area contributed by atoms with Crippen LogP contribution < -0.4 is 9.13 Å². The molecule has 26 heavy (non-hydrogen) atoms. The van der Waals surface area contributed by atoms with E-state index in [1.54, 1.807) is 6.92 Å². The lowest BCUT2D eigenvalue weighted by molar-refractivity contribution is -0.685. The minimum absolute atomic E-state index is 0.153. The van der Waals surface area contributed by atoms with E-state index in [2.05, 4.69) is 39.2 Å². The average Bonchev–Trinajstić information content (AvgIpc) is 3.14. The molecule has 0 saturated heterocycles. The van der Waals surface area contributed by atoms with E-state index in [1.807, 2.05) is 54.6 Å². The van der Waals surface area contributed by atoms with Crippen LogP contribution in [0.4, 0.5) is 0 Å². The van der Waals surface area contributed by atoms with E-state index in [0.29, 0.717) is 11.5 Å². The monoisotopic (exact) mass is 350 g/mol. The van der Waals surface area contributed by atoms with Crippen LogP contribution in [0.3, 0.4) is 0 Å². The van der Waals surface area contributed by atoms with E-state index in [4.69, 9.17) is 4.11 Å². The SMILES string of the molecule is [2H]C([2H])([2H])c1nc2n(C)c(-c3cc(C)cc(-c4cccc[n+]4C)[n+]3C)cn2c1C. The molecule has 4 aromatic heterocycles. The third kappa shape index (κ3) is 2.35. The third-order valence-electron chi connectivity index (χ3n) is 5.08. The summed E-state index contributed by atoms with van der Waals surface area (Å²) in [5.41, 5.74) is 6.16. The summed E-state index contributed by atoms with van der Waals surface area (Å²) in [7, 11) is 6.01. The lowest BCUT2D eigenvalue weighted by Crippen LogP contribution is -2.40. The van der Waals surface area contributed by atoms with E-state index in [0.717, 1.165) is 28.3 Å². The molecule has 0 spiro atoms. The van der Waals surface area contributed by atoms with Crippen molar-refractivity contribution in [1.29, 1.82) is 0 Å². The second-order valence-electron chi connectivity index (χ2n) is 6.85. The zero-order chi connectivity index (χ0) is 21.1. The molecule has 4 rings (SSSR count). The van der Waals surface area contributed by atoms with Crippen LogP contribution in [0, 0.1) is 20.7 Å². The molecule has 0 aliphatic carbocycles. The summed E-state index contributed by atoms with van der Waals surface area (Å²) in [6, 6.07) is 10.5. The van der Waals surface area contributed by atoms with Crippen molar-refractivity contribution >= 4 is 5.78 Å². The van der Waals surface area contributed by atoms with Gasteiger partial charge in [-0.3, -0.25) is 4.40 Å². The van der Waals surface area contributed by atoms with Gasteiger partial charge >= 0.3 is 0 Å². The Morgan fingerprint density at radius 1 is 1.08 bits per heavy atom. The minimum atomic E-state index is -2.22. The molecule has 132 valence electrons. The number of rotatable bonds is 2. The number of aryl methyl sites for hydroxylation is 5. The standard InChI is InChI=1S/C21H25N5/c1-14-11-18(17-9-7-8-10-23(17)4)24(5)19(12-14)20-13-26-16(3)15(2)22-21(26)25(20)6/h7-13H,1-6H3/q+2/i2D3. The predicted molar refractivity (Wildman–Crippen MR) is 102 cm³/mol. The fourth-order valence-electron chi connectivity index (χ4n) is 3.52. The van der Waals surface area contributed by atoms with E-state index in [1.165, 1.54) is 0 Å². The van der Waals surface area contributed by atoms with Gasteiger partial charge in [-0.2, -0.15) is 9.13 Å². The molecule has 0 radical (unpaired) electrons. The van der Waals surface area contributed by atoms with Crippen molar-refractivity contribution in [3.05, 3.63) is 59.7 Å².